The van der Waals surface area contributed by atoms with Crippen molar-refractivity contribution in [2.75, 3.05) is 20.3 Å². The summed E-state index contributed by atoms with van der Waals surface area (Å²) in [7, 11) is 1.24. The number of amides is 2. The molecule has 0 unspecified atom stereocenters. The molecule has 0 saturated heterocycles. The van der Waals surface area contributed by atoms with Crippen molar-refractivity contribution in [3.05, 3.63) is 23.8 Å². The second-order valence-electron chi connectivity index (χ2n) is 6.58. The molecule has 0 saturated carbocycles. The van der Waals surface area contributed by atoms with Crippen molar-refractivity contribution in [3.63, 3.8) is 0 Å². The fraction of sp³-hybridized carbons (Fsp3) is 0.526. The first kappa shape index (κ1) is 24.1. The number of rotatable bonds is 10. The van der Waals surface area contributed by atoms with Gasteiger partial charge in [0.25, 0.3) is 11.8 Å². The molecule has 1 aromatic rings. The first-order chi connectivity index (χ1) is 13.6. The van der Waals surface area contributed by atoms with Crippen molar-refractivity contribution in [1.29, 1.82) is 0 Å². The Kier molecular flexibility index (Phi) is 9.30. The summed E-state index contributed by atoms with van der Waals surface area (Å²) in [5.41, 5.74) is 0.0677. The maximum atomic E-state index is 12.3. The molecule has 0 heterocycles. The average molecular weight is 416 g/mol. The van der Waals surface area contributed by atoms with Crippen molar-refractivity contribution in [2.45, 2.75) is 46.4 Å². The molecule has 29 heavy (non-hydrogen) atoms. The van der Waals surface area contributed by atoms with Crippen LogP contribution in [0.1, 0.15) is 38.1 Å². The number of methoxy groups -OCH3 is 1. The molecule has 1 aromatic carbocycles. The van der Waals surface area contributed by atoms with Gasteiger partial charge in [0.2, 0.25) is 0 Å². The van der Waals surface area contributed by atoms with Gasteiger partial charge in [0.05, 0.1) is 7.11 Å². The summed E-state index contributed by atoms with van der Waals surface area (Å²) >= 11 is 0. The molecule has 0 aliphatic carbocycles. The van der Waals surface area contributed by atoms with Crippen LogP contribution in [0.3, 0.4) is 0 Å². The number of ether oxygens (including phenoxy) is 3. The minimum Gasteiger partial charge on any atom is -0.493 e. The highest BCUT2D eigenvalue weighted by Crippen LogP contribution is 2.29. The highest BCUT2D eigenvalue weighted by molar-refractivity contribution is 5.96. The van der Waals surface area contributed by atoms with Crippen LogP contribution in [0.25, 0.3) is 0 Å². The molecule has 0 bridgehead atoms. The highest BCUT2D eigenvalue weighted by atomic mass is 19.3. The van der Waals surface area contributed by atoms with E-state index in [1.165, 1.54) is 19.2 Å². The zero-order valence-electron chi connectivity index (χ0n) is 17.0. The fourth-order valence-corrected chi connectivity index (χ4v) is 2.70. The first-order valence-electron chi connectivity index (χ1n) is 8.94. The van der Waals surface area contributed by atoms with Crippen LogP contribution in [0.15, 0.2) is 18.2 Å². The predicted octanol–water partition coefficient (Wildman–Crippen LogP) is 2.21. The number of carbonyl (C=O) groups is 3. The number of halogens is 2. The Hall–Kier alpha value is -2.91. The summed E-state index contributed by atoms with van der Waals surface area (Å²) in [6.07, 6.45) is 0. The molecule has 8 nitrogen and oxygen atoms in total. The number of nitrogens with one attached hydrogen (secondary N) is 1. The van der Waals surface area contributed by atoms with Crippen molar-refractivity contribution in [1.82, 2.24) is 10.2 Å². The van der Waals surface area contributed by atoms with Crippen LogP contribution in [0, 0.1) is 0 Å². The van der Waals surface area contributed by atoms with E-state index >= 15 is 0 Å². The van der Waals surface area contributed by atoms with Gasteiger partial charge in [0, 0.05) is 17.6 Å². The predicted molar refractivity (Wildman–Crippen MR) is 100 cm³/mol. The summed E-state index contributed by atoms with van der Waals surface area (Å²) in [6, 6.07) is 3.50. The van der Waals surface area contributed by atoms with Crippen LogP contribution in [-0.2, 0) is 14.3 Å². The van der Waals surface area contributed by atoms with Gasteiger partial charge in [-0.2, -0.15) is 8.78 Å². The minimum atomic E-state index is -3.04. The highest BCUT2D eigenvalue weighted by Gasteiger charge is 2.21. The molecule has 0 atom stereocenters. The van der Waals surface area contributed by atoms with Gasteiger partial charge in [-0.1, -0.05) is 0 Å². The molecule has 0 aromatic heterocycles. The van der Waals surface area contributed by atoms with E-state index < -0.39 is 31.6 Å². The Balaban J connectivity index is 2.59. The van der Waals surface area contributed by atoms with E-state index in [4.69, 9.17) is 9.47 Å². The number of nitrogens with zero attached hydrogens (tertiary/aromatic N) is 1. The molecule has 0 aliphatic rings. The fourth-order valence-electron chi connectivity index (χ4n) is 2.70. The van der Waals surface area contributed by atoms with Gasteiger partial charge in [-0.3, -0.25) is 14.4 Å². The Labute approximate surface area is 168 Å². The molecule has 0 radical (unpaired) electrons. The smallest absolute Gasteiger partial charge is 0.387 e. The van der Waals surface area contributed by atoms with E-state index in [1.54, 1.807) is 4.90 Å². The van der Waals surface area contributed by atoms with Gasteiger partial charge in [0.15, 0.2) is 18.1 Å². The van der Waals surface area contributed by atoms with E-state index in [0.717, 1.165) is 6.07 Å². The van der Waals surface area contributed by atoms with Crippen LogP contribution in [0.5, 0.6) is 11.5 Å². The van der Waals surface area contributed by atoms with Gasteiger partial charge < -0.3 is 24.4 Å². The monoisotopic (exact) mass is 416 g/mol. The quantitative estimate of drug-likeness (QED) is 0.588. The minimum absolute atomic E-state index is 0.0482. The molecule has 0 aliphatic heterocycles. The molecule has 2 amide bonds. The first-order valence-corrected chi connectivity index (χ1v) is 8.94. The van der Waals surface area contributed by atoms with Gasteiger partial charge in [-0.25, -0.2) is 0 Å². The van der Waals surface area contributed by atoms with E-state index in [9.17, 15) is 23.2 Å². The largest absolute Gasteiger partial charge is 0.493 e. The van der Waals surface area contributed by atoms with Gasteiger partial charge in [0.1, 0.15) is 6.54 Å². The van der Waals surface area contributed by atoms with Crippen LogP contribution >= 0.6 is 0 Å². The van der Waals surface area contributed by atoms with Crippen molar-refractivity contribution < 1.29 is 37.4 Å². The molecule has 0 spiro atoms. The van der Waals surface area contributed by atoms with Gasteiger partial charge >= 0.3 is 12.6 Å². The summed E-state index contributed by atoms with van der Waals surface area (Å²) in [5.74, 6) is -2.07. The lowest BCUT2D eigenvalue weighted by Crippen LogP contribution is -2.44. The second-order valence-corrected chi connectivity index (χ2v) is 6.58. The lowest BCUT2D eigenvalue weighted by atomic mass is 10.2. The van der Waals surface area contributed by atoms with Gasteiger partial charge in [-0.15, -0.1) is 0 Å². The number of carbonyl (C=O) groups excluding carboxylic acids is 3. The summed E-state index contributed by atoms with van der Waals surface area (Å²) in [5, 5.41) is 2.33. The topological polar surface area (TPSA) is 94.2 Å². The Bertz CT molecular complexity index is 717. The molecule has 1 rings (SSSR count). The Morgan fingerprint density at radius 2 is 1.69 bits per heavy atom. The molecule has 162 valence electrons. The van der Waals surface area contributed by atoms with Crippen molar-refractivity contribution in [2.24, 2.45) is 0 Å². The van der Waals surface area contributed by atoms with Crippen LogP contribution in [0.2, 0.25) is 0 Å². The zero-order chi connectivity index (χ0) is 22.1. The lowest BCUT2D eigenvalue weighted by molar-refractivity contribution is -0.152. The number of hydrogen-bond acceptors (Lipinski definition) is 6. The maximum absolute atomic E-state index is 12.3. The number of esters is 1. The molecular formula is C19H26F2N2O6. The normalized spacial score (nSPS) is 10.8. The van der Waals surface area contributed by atoms with Gasteiger partial charge in [-0.05, 0) is 45.9 Å². The van der Waals surface area contributed by atoms with Crippen LogP contribution in [-0.4, -0.2) is 61.6 Å². The molecule has 10 heteroatoms. The van der Waals surface area contributed by atoms with E-state index in [0.29, 0.717) is 0 Å². The van der Waals surface area contributed by atoms with Crippen LogP contribution in [0.4, 0.5) is 8.78 Å². The summed E-state index contributed by atoms with van der Waals surface area (Å²) in [4.78, 5) is 37.7. The maximum Gasteiger partial charge on any atom is 0.387 e. The standard InChI is InChI=1S/C19H26F2N2O6/c1-11(2)23(12(3)4)16(24)10-28-17(25)9-22-18(26)13-6-7-14(29-19(20)21)15(8-13)27-5/h6-8,11-12,19H,9-10H2,1-5H3,(H,22,26). The lowest BCUT2D eigenvalue weighted by Gasteiger charge is -2.30. The molecule has 1 N–H and O–H groups in total. The van der Waals surface area contributed by atoms with Crippen molar-refractivity contribution in [3.8, 4) is 11.5 Å². The number of alkyl halides is 2. The Morgan fingerprint density at radius 3 is 2.21 bits per heavy atom. The molecule has 0 fully saturated rings. The third-order valence-corrected chi connectivity index (χ3v) is 3.79. The average Bonchev–Trinajstić information content (AvgIpc) is 2.63. The summed E-state index contributed by atoms with van der Waals surface area (Å²) < 4.78 is 38.8. The SMILES string of the molecule is COc1cc(C(=O)NCC(=O)OCC(=O)N(C(C)C)C(C)C)ccc1OC(F)F. The zero-order valence-corrected chi connectivity index (χ0v) is 17.0. The third-order valence-electron chi connectivity index (χ3n) is 3.79. The number of hydrogen-bond donors (Lipinski definition) is 1. The van der Waals surface area contributed by atoms with E-state index in [-0.39, 0.29) is 35.1 Å². The summed E-state index contributed by atoms with van der Waals surface area (Å²) in [6.45, 7) is 3.48. The van der Waals surface area contributed by atoms with Crippen LogP contribution < -0.4 is 14.8 Å². The van der Waals surface area contributed by atoms with E-state index in [1.807, 2.05) is 27.7 Å². The second kappa shape index (κ2) is 11.2. The molecular weight excluding hydrogens is 390 g/mol. The Morgan fingerprint density at radius 1 is 1.07 bits per heavy atom. The third kappa shape index (κ3) is 7.55. The van der Waals surface area contributed by atoms with E-state index in [2.05, 4.69) is 10.1 Å². The number of benzene rings is 1. The van der Waals surface area contributed by atoms with Crippen molar-refractivity contribution >= 4 is 17.8 Å².